The summed E-state index contributed by atoms with van der Waals surface area (Å²) in [6, 6.07) is 8.82. The van der Waals surface area contributed by atoms with Crippen LogP contribution in [0.4, 0.5) is 5.69 Å². The van der Waals surface area contributed by atoms with Gasteiger partial charge in [-0.2, -0.15) is 0 Å². The fourth-order valence-corrected chi connectivity index (χ4v) is 3.52. The monoisotopic (exact) mass is 287 g/mol. The predicted molar refractivity (Wildman–Crippen MR) is 85.5 cm³/mol. The highest BCUT2D eigenvalue weighted by atomic mass is 16.2. The predicted octanol–water partition coefficient (Wildman–Crippen LogP) is 1.64. The minimum Gasteiger partial charge on any atom is -0.368 e. The summed E-state index contributed by atoms with van der Waals surface area (Å²) in [5.41, 5.74) is 2.62. The molecule has 3 rings (SSSR count). The van der Waals surface area contributed by atoms with Crippen molar-refractivity contribution in [1.82, 2.24) is 10.2 Å². The van der Waals surface area contributed by atoms with E-state index in [9.17, 15) is 4.79 Å². The lowest BCUT2D eigenvalue weighted by Gasteiger charge is -2.38. The Hall–Kier alpha value is -1.55. The van der Waals surface area contributed by atoms with Gasteiger partial charge in [0.2, 0.25) is 5.91 Å². The minimum absolute atomic E-state index is 0.176. The second-order valence-corrected chi connectivity index (χ2v) is 6.24. The van der Waals surface area contributed by atoms with Crippen molar-refractivity contribution in [3.8, 4) is 0 Å². The topological polar surface area (TPSA) is 35.6 Å². The molecule has 0 aromatic heterocycles. The van der Waals surface area contributed by atoms with E-state index in [1.54, 1.807) is 0 Å². The largest absolute Gasteiger partial charge is 0.368 e. The maximum absolute atomic E-state index is 12.6. The molecule has 114 valence electrons. The van der Waals surface area contributed by atoms with E-state index in [1.165, 1.54) is 11.3 Å². The van der Waals surface area contributed by atoms with Crippen molar-refractivity contribution in [1.29, 1.82) is 0 Å². The number of rotatable bonds is 2. The van der Waals surface area contributed by atoms with Gasteiger partial charge in [0.15, 0.2) is 0 Å². The molecule has 0 radical (unpaired) electrons. The molecule has 2 heterocycles. The van der Waals surface area contributed by atoms with Crippen LogP contribution < -0.4 is 10.2 Å². The van der Waals surface area contributed by atoms with Crippen LogP contribution in [0.2, 0.25) is 0 Å². The van der Waals surface area contributed by atoms with E-state index in [2.05, 4.69) is 53.2 Å². The van der Waals surface area contributed by atoms with Crippen molar-refractivity contribution >= 4 is 11.6 Å². The van der Waals surface area contributed by atoms with Crippen LogP contribution in [-0.2, 0) is 4.79 Å². The van der Waals surface area contributed by atoms with Crippen LogP contribution in [0, 0.1) is 12.8 Å². The zero-order valence-electron chi connectivity index (χ0n) is 13.0. The molecule has 4 heteroatoms. The minimum atomic E-state index is 0.176. The third kappa shape index (κ3) is 2.91. The quantitative estimate of drug-likeness (QED) is 0.898. The van der Waals surface area contributed by atoms with Gasteiger partial charge in [0.1, 0.15) is 0 Å². The van der Waals surface area contributed by atoms with E-state index >= 15 is 0 Å². The Morgan fingerprint density at radius 1 is 1.19 bits per heavy atom. The van der Waals surface area contributed by atoms with Crippen LogP contribution in [0.5, 0.6) is 0 Å². The second-order valence-electron chi connectivity index (χ2n) is 6.24. The molecule has 0 aliphatic carbocycles. The summed E-state index contributed by atoms with van der Waals surface area (Å²) in [6.07, 6.45) is 0.984. The maximum Gasteiger partial charge on any atom is 0.227 e. The normalized spacial score (nSPS) is 26.2. The van der Waals surface area contributed by atoms with Crippen LogP contribution in [-0.4, -0.2) is 49.6 Å². The van der Waals surface area contributed by atoms with Gasteiger partial charge in [-0.3, -0.25) is 4.79 Å². The first kappa shape index (κ1) is 14.4. The Kier molecular flexibility index (Phi) is 4.15. The van der Waals surface area contributed by atoms with Crippen molar-refractivity contribution in [2.24, 2.45) is 5.92 Å². The number of carbonyl (C=O) groups excluding carboxylic acids is 1. The van der Waals surface area contributed by atoms with Crippen molar-refractivity contribution in [3.05, 3.63) is 29.8 Å². The number of carbonyl (C=O) groups is 1. The number of anilines is 1. The van der Waals surface area contributed by atoms with Gasteiger partial charge in [0, 0.05) is 37.9 Å². The van der Waals surface area contributed by atoms with Crippen LogP contribution >= 0.6 is 0 Å². The molecule has 1 aromatic carbocycles. The zero-order chi connectivity index (χ0) is 14.8. The van der Waals surface area contributed by atoms with Gasteiger partial charge >= 0.3 is 0 Å². The van der Waals surface area contributed by atoms with E-state index < -0.39 is 0 Å². The molecule has 1 N–H and O–H groups in total. The zero-order valence-corrected chi connectivity index (χ0v) is 13.0. The summed E-state index contributed by atoms with van der Waals surface area (Å²) in [5, 5.41) is 3.37. The van der Waals surface area contributed by atoms with E-state index in [0.717, 1.165) is 39.1 Å². The van der Waals surface area contributed by atoms with Crippen molar-refractivity contribution in [2.45, 2.75) is 26.3 Å². The molecule has 2 aliphatic rings. The number of hydrogen-bond acceptors (Lipinski definition) is 3. The SMILES string of the molecule is Cc1ccccc1N1CCN(C(=O)C2CCNC2C)CC1. The molecule has 0 saturated carbocycles. The summed E-state index contributed by atoms with van der Waals surface area (Å²) in [6.45, 7) is 8.81. The highest BCUT2D eigenvalue weighted by Gasteiger charge is 2.33. The smallest absolute Gasteiger partial charge is 0.227 e. The summed E-state index contributed by atoms with van der Waals surface area (Å²) < 4.78 is 0. The van der Waals surface area contributed by atoms with E-state index in [-0.39, 0.29) is 5.92 Å². The molecule has 1 aromatic rings. The van der Waals surface area contributed by atoms with Gasteiger partial charge in [0.05, 0.1) is 5.92 Å². The summed E-state index contributed by atoms with van der Waals surface area (Å²) in [5.74, 6) is 0.520. The summed E-state index contributed by atoms with van der Waals surface area (Å²) >= 11 is 0. The van der Waals surface area contributed by atoms with Gasteiger partial charge in [0.25, 0.3) is 0 Å². The maximum atomic E-state index is 12.6. The first-order valence-electron chi connectivity index (χ1n) is 7.99. The Bertz CT molecular complexity index is 509. The number of piperazine rings is 1. The van der Waals surface area contributed by atoms with Crippen LogP contribution in [0.3, 0.4) is 0 Å². The van der Waals surface area contributed by atoms with Gasteiger partial charge in [-0.15, -0.1) is 0 Å². The van der Waals surface area contributed by atoms with Crippen LogP contribution in [0.15, 0.2) is 24.3 Å². The van der Waals surface area contributed by atoms with Gasteiger partial charge in [-0.25, -0.2) is 0 Å². The number of benzene rings is 1. The fourth-order valence-electron chi connectivity index (χ4n) is 3.52. The number of hydrogen-bond donors (Lipinski definition) is 1. The van der Waals surface area contributed by atoms with Crippen molar-refractivity contribution in [3.63, 3.8) is 0 Å². The lowest BCUT2D eigenvalue weighted by Crippen LogP contribution is -2.51. The highest BCUT2D eigenvalue weighted by Crippen LogP contribution is 2.23. The molecule has 2 unspecified atom stereocenters. The average Bonchev–Trinajstić information content (AvgIpc) is 2.93. The molecule has 2 atom stereocenters. The van der Waals surface area contributed by atoms with E-state index in [4.69, 9.17) is 0 Å². The first-order valence-corrected chi connectivity index (χ1v) is 7.99. The molecule has 21 heavy (non-hydrogen) atoms. The Labute approximate surface area is 127 Å². The van der Waals surface area contributed by atoms with Crippen molar-refractivity contribution in [2.75, 3.05) is 37.6 Å². The van der Waals surface area contributed by atoms with Crippen molar-refractivity contribution < 1.29 is 4.79 Å². The van der Waals surface area contributed by atoms with Gasteiger partial charge in [-0.05, 0) is 38.4 Å². The highest BCUT2D eigenvalue weighted by molar-refractivity contribution is 5.80. The summed E-state index contributed by atoms with van der Waals surface area (Å²) in [7, 11) is 0. The molecule has 1 amide bonds. The molecule has 2 saturated heterocycles. The first-order chi connectivity index (χ1) is 10.2. The standard InChI is InChI=1S/C17H25N3O/c1-13-5-3-4-6-16(13)19-9-11-20(12-10-19)17(21)15-7-8-18-14(15)2/h3-6,14-15,18H,7-12H2,1-2H3. The number of nitrogens with zero attached hydrogens (tertiary/aromatic N) is 2. The van der Waals surface area contributed by atoms with Gasteiger partial charge in [-0.1, -0.05) is 18.2 Å². The average molecular weight is 287 g/mol. The van der Waals surface area contributed by atoms with Crippen LogP contribution in [0.1, 0.15) is 18.9 Å². The molecular formula is C17H25N3O. The summed E-state index contributed by atoms with van der Waals surface area (Å²) in [4.78, 5) is 17.0. The number of amides is 1. The lowest BCUT2D eigenvalue weighted by molar-refractivity contribution is -0.136. The Morgan fingerprint density at radius 2 is 1.90 bits per heavy atom. The molecular weight excluding hydrogens is 262 g/mol. The van der Waals surface area contributed by atoms with E-state index in [1.807, 2.05) is 0 Å². The molecule has 0 spiro atoms. The van der Waals surface area contributed by atoms with E-state index in [0.29, 0.717) is 11.9 Å². The Morgan fingerprint density at radius 3 is 2.52 bits per heavy atom. The molecule has 4 nitrogen and oxygen atoms in total. The fraction of sp³-hybridized carbons (Fsp3) is 0.588. The van der Waals surface area contributed by atoms with Gasteiger partial charge < -0.3 is 15.1 Å². The third-order valence-electron chi connectivity index (χ3n) is 4.89. The molecule has 2 fully saturated rings. The number of aryl methyl sites for hydroxylation is 1. The second kappa shape index (κ2) is 6.06. The third-order valence-corrected chi connectivity index (χ3v) is 4.89. The molecule has 0 bridgehead atoms. The number of para-hydroxylation sites is 1. The lowest BCUT2D eigenvalue weighted by atomic mass is 10.00. The number of nitrogens with one attached hydrogen (secondary N) is 1. The molecule has 2 aliphatic heterocycles. The Balaban J connectivity index is 1.60. The van der Waals surface area contributed by atoms with Crippen LogP contribution in [0.25, 0.3) is 0 Å².